The number of rotatable bonds is 6. The molecule has 2 rings (SSSR count). The molecule has 0 bridgehead atoms. The summed E-state index contributed by atoms with van der Waals surface area (Å²) in [5, 5.41) is 9.07. The lowest BCUT2D eigenvalue weighted by atomic mass is 10.2. The highest BCUT2D eigenvalue weighted by Gasteiger charge is 2.29. The Kier molecular flexibility index (Phi) is 5.08. The predicted molar refractivity (Wildman–Crippen MR) is 74.8 cm³/mol. The smallest absolute Gasteiger partial charge is 0.320 e. The van der Waals surface area contributed by atoms with Crippen LogP contribution in [0.5, 0.6) is 0 Å². The highest BCUT2D eigenvalue weighted by Crippen LogP contribution is 2.19. The minimum Gasteiger partial charge on any atom is -0.480 e. The van der Waals surface area contributed by atoms with Gasteiger partial charge in [-0.15, -0.1) is 0 Å². The van der Waals surface area contributed by atoms with Crippen LogP contribution in [-0.4, -0.2) is 40.9 Å². The Morgan fingerprint density at radius 2 is 2.17 bits per heavy atom. The maximum Gasteiger partial charge on any atom is 0.320 e. The van der Waals surface area contributed by atoms with E-state index >= 15 is 0 Å². The van der Waals surface area contributed by atoms with Crippen molar-refractivity contribution in [1.82, 2.24) is 4.90 Å². The van der Waals surface area contributed by atoms with Gasteiger partial charge in [-0.3, -0.25) is 9.69 Å². The summed E-state index contributed by atoms with van der Waals surface area (Å²) >= 11 is 1.87. The van der Waals surface area contributed by atoms with Crippen molar-refractivity contribution in [2.45, 2.75) is 24.6 Å². The van der Waals surface area contributed by atoms with Gasteiger partial charge in [0.05, 0.1) is 0 Å². The van der Waals surface area contributed by atoms with E-state index < -0.39 is 5.97 Å². The second-order valence-electron chi connectivity index (χ2n) is 4.57. The highest BCUT2D eigenvalue weighted by atomic mass is 32.2. The first kappa shape index (κ1) is 13.4. The average molecular weight is 265 g/mol. The SMILES string of the molecule is O=C(O)[C@@H]1CCCN1CCSCc1ccccc1. The summed E-state index contributed by atoms with van der Waals surface area (Å²) in [6.45, 7) is 1.82. The lowest BCUT2D eigenvalue weighted by Crippen LogP contribution is -2.37. The van der Waals surface area contributed by atoms with E-state index in [2.05, 4.69) is 29.2 Å². The van der Waals surface area contributed by atoms with Gasteiger partial charge in [-0.1, -0.05) is 30.3 Å². The topological polar surface area (TPSA) is 40.5 Å². The average Bonchev–Trinajstić information content (AvgIpc) is 2.84. The molecule has 1 aromatic carbocycles. The normalized spacial score (nSPS) is 20.1. The van der Waals surface area contributed by atoms with Gasteiger partial charge in [0.25, 0.3) is 0 Å². The summed E-state index contributed by atoms with van der Waals surface area (Å²) < 4.78 is 0. The summed E-state index contributed by atoms with van der Waals surface area (Å²) in [5.41, 5.74) is 1.33. The number of benzene rings is 1. The zero-order valence-corrected chi connectivity index (χ0v) is 11.2. The van der Waals surface area contributed by atoms with Crippen LogP contribution in [0.3, 0.4) is 0 Å². The summed E-state index contributed by atoms with van der Waals surface area (Å²) in [4.78, 5) is 13.1. The summed E-state index contributed by atoms with van der Waals surface area (Å²) in [6, 6.07) is 10.1. The maximum absolute atomic E-state index is 11.0. The molecule has 98 valence electrons. The van der Waals surface area contributed by atoms with Crippen molar-refractivity contribution in [3.63, 3.8) is 0 Å². The van der Waals surface area contributed by atoms with E-state index in [9.17, 15) is 4.79 Å². The fourth-order valence-electron chi connectivity index (χ4n) is 2.32. The molecule has 4 heteroatoms. The zero-order chi connectivity index (χ0) is 12.8. The number of hydrogen-bond donors (Lipinski definition) is 1. The minimum atomic E-state index is -0.666. The summed E-state index contributed by atoms with van der Waals surface area (Å²) in [5.74, 6) is 1.34. The van der Waals surface area contributed by atoms with Crippen molar-refractivity contribution < 1.29 is 9.90 Å². The van der Waals surface area contributed by atoms with Crippen molar-refractivity contribution in [2.24, 2.45) is 0 Å². The van der Waals surface area contributed by atoms with Crippen LogP contribution < -0.4 is 0 Å². The van der Waals surface area contributed by atoms with Crippen LogP contribution in [0.15, 0.2) is 30.3 Å². The molecule has 0 saturated carbocycles. The van der Waals surface area contributed by atoms with Gasteiger partial charge in [0.1, 0.15) is 6.04 Å². The van der Waals surface area contributed by atoms with E-state index in [-0.39, 0.29) is 6.04 Å². The van der Waals surface area contributed by atoms with Gasteiger partial charge in [0.2, 0.25) is 0 Å². The van der Waals surface area contributed by atoms with Crippen LogP contribution in [0.4, 0.5) is 0 Å². The van der Waals surface area contributed by atoms with Crippen LogP contribution in [0.1, 0.15) is 18.4 Å². The predicted octanol–water partition coefficient (Wildman–Crippen LogP) is 2.47. The van der Waals surface area contributed by atoms with Crippen molar-refractivity contribution in [2.75, 3.05) is 18.8 Å². The molecule has 1 aliphatic heterocycles. The first-order chi connectivity index (χ1) is 8.77. The first-order valence-corrected chi connectivity index (χ1v) is 7.51. The molecule has 1 heterocycles. The molecule has 1 atom stereocenters. The van der Waals surface area contributed by atoms with Gasteiger partial charge in [-0.05, 0) is 24.9 Å². The van der Waals surface area contributed by atoms with E-state index in [4.69, 9.17) is 5.11 Å². The lowest BCUT2D eigenvalue weighted by Gasteiger charge is -2.20. The second kappa shape index (κ2) is 6.81. The molecule has 0 radical (unpaired) electrons. The van der Waals surface area contributed by atoms with E-state index in [1.165, 1.54) is 5.56 Å². The molecule has 1 aliphatic rings. The van der Waals surface area contributed by atoms with Crippen LogP contribution in [0.2, 0.25) is 0 Å². The molecule has 18 heavy (non-hydrogen) atoms. The molecular weight excluding hydrogens is 246 g/mol. The Morgan fingerprint density at radius 3 is 2.89 bits per heavy atom. The Bertz CT molecular complexity index is 383. The third-order valence-electron chi connectivity index (χ3n) is 3.28. The van der Waals surface area contributed by atoms with Crippen LogP contribution >= 0.6 is 11.8 Å². The standard InChI is InChI=1S/C14H19NO2S/c16-14(17)13-7-4-8-15(13)9-10-18-11-12-5-2-1-3-6-12/h1-3,5-6,13H,4,7-11H2,(H,16,17)/t13-/m0/s1. The van der Waals surface area contributed by atoms with E-state index in [1.807, 2.05) is 17.8 Å². The number of carboxylic acids is 1. The molecule has 0 aromatic heterocycles. The molecule has 3 nitrogen and oxygen atoms in total. The molecule has 0 spiro atoms. The number of thioether (sulfide) groups is 1. The zero-order valence-electron chi connectivity index (χ0n) is 10.4. The fraction of sp³-hybridized carbons (Fsp3) is 0.500. The molecule has 1 saturated heterocycles. The van der Waals surface area contributed by atoms with Crippen molar-refractivity contribution in [3.8, 4) is 0 Å². The van der Waals surface area contributed by atoms with Crippen LogP contribution in [0, 0.1) is 0 Å². The number of hydrogen-bond acceptors (Lipinski definition) is 3. The van der Waals surface area contributed by atoms with E-state index in [0.29, 0.717) is 0 Å². The van der Waals surface area contributed by atoms with Gasteiger partial charge in [-0.25, -0.2) is 0 Å². The lowest BCUT2D eigenvalue weighted by molar-refractivity contribution is -0.142. The van der Waals surface area contributed by atoms with Gasteiger partial charge in [0.15, 0.2) is 0 Å². The van der Waals surface area contributed by atoms with Gasteiger partial charge in [0, 0.05) is 18.1 Å². The first-order valence-electron chi connectivity index (χ1n) is 6.36. The third kappa shape index (κ3) is 3.75. The number of carboxylic acid groups (broad SMARTS) is 1. The second-order valence-corrected chi connectivity index (χ2v) is 5.68. The molecule has 1 fully saturated rings. The highest BCUT2D eigenvalue weighted by molar-refractivity contribution is 7.98. The van der Waals surface area contributed by atoms with Crippen molar-refractivity contribution >= 4 is 17.7 Å². The Hall–Kier alpha value is -1.00. The molecule has 1 N–H and O–H groups in total. The number of carbonyl (C=O) groups is 1. The molecule has 0 unspecified atom stereocenters. The van der Waals surface area contributed by atoms with Crippen LogP contribution in [-0.2, 0) is 10.5 Å². The molecular formula is C14H19NO2S. The van der Waals surface area contributed by atoms with E-state index in [0.717, 1.165) is 37.4 Å². The van der Waals surface area contributed by atoms with Crippen molar-refractivity contribution in [1.29, 1.82) is 0 Å². The maximum atomic E-state index is 11.0. The monoisotopic (exact) mass is 265 g/mol. The minimum absolute atomic E-state index is 0.248. The molecule has 1 aromatic rings. The van der Waals surface area contributed by atoms with Crippen LogP contribution in [0.25, 0.3) is 0 Å². The molecule has 0 aliphatic carbocycles. The van der Waals surface area contributed by atoms with Gasteiger partial charge >= 0.3 is 5.97 Å². The van der Waals surface area contributed by atoms with Gasteiger partial charge in [-0.2, -0.15) is 11.8 Å². The Balaban J connectivity index is 1.68. The Labute approximate surface area is 112 Å². The largest absolute Gasteiger partial charge is 0.480 e. The Morgan fingerprint density at radius 1 is 1.39 bits per heavy atom. The number of likely N-dealkylation sites (tertiary alicyclic amines) is 1. The summed E-state index contributed by atoms with van der Waals surface area (Å²) in [6.07, 6.45) is 1.82. The third-order valence-corrected chi connectivity index (χ3v) is 4.29. The number of aliphatic carboxylic acids is 1. The van der Waals surface area contributed by atoms with E-state index in [1.54, 1.807) is 0 Å². The quantitative estimate of drug-likeness (QED) is 0.802. The number of nitrogens with zero attached hydrogens (tertiary/aromatic N) is 1. The summed E-state index contributed by atoms with van der Waals surface area (Å²) in [7, 11) is 0. The van der Waals surface area contributed by atoms with Gasteiger partial charge < -0.3 is 5.11 Å². The fourth-order valence-corrected chi connectivity index (χ4v) is 3.26. The molecule has 0 amide bonds. The van der Waals surface area contributed by atoms with Crippen molar-refractivity contribution in [3.05, 3.63) is 35.9 Å².